The molecule has 0 atom stereocenters. The Bertz CT molecular complexity index is 8630. The lowest BCUT2D eigenvalue weighted by molar-refractivity contribution is 0.660. The number of thiophene rings is 2. The summed E-state index contributed by atoms with van der Waals surface area (Å²) >= 11 is 3.63. The van der Waals surface area contributed by atoms with Crippen LogP contribution in [0.2, 0.25) is 0 Å². The second-order valence-corrected chi connectivity index (χ2v) is 42.8. The highest BCUT2D eigenvalue weighted by molar-refractivity contribution is 7.26. The molecule has 15 aromatic carbocycles. The van der Waals surface area contributed by atoms with Crippen molar-refractivity contribution in [1.82, 2.24) is 74.8 Å². The highest BCUT2D eigenvalue weighted by atomic mass is 32.1. The molecule has 0 saturated heterocycles. The monoisotopic (exact) mass is 1940 g/mol. The van der Waals surface area contributed by atoms with Crippen molar-refractivity contribution in [3.63, 3.8) is 0 Å². The van der Waals surface area contributed by atoms with E-state index in [1.807, 2.05) is 162 Å². The molecule has 0 aliphatic heterocycles. The molecule has 17 heteroatoms. The standard InChI is InChI=1S/3C27H25N3.2C24H19N3S/c1-17(2)24-28-25(18-11-6-5-7-12-18)30-26(29-24)20-14-10-16-22-23(20)19-13-8-9-15-21(19)27(22,3)4;1-17(2)24-28-25(18-10-6-5-7-11-18)30-26(29-24)19-14-15-23-21(16-19)20-12-8-9-13-22(20)27(23,3)4;1-17(2)24-28-25(18-10-6-5-7-11-18)30-26(29-24)19-14-15-21-20-12-8-9-13-22(20)27(3,4)23(21)16-19;1-15(2)22-25-23(16-9-4-3-5-10-16)27-24(26-22)18-12-8-14-20-21(18)17-11-6-7-13-19(17)28-20;1-15(2)22-25-23(16-8-4-3-5-9-16)27-24(26-22)17-12-13-21-19(14-17)18-10-6-7-11-20(18)28-21/h3*5-17H,1-4H3;2*3-15H,1-2H3. The topological polar surface area (TPSA) is 193 Å². The molecule has 0 unspecified atom stereocenters. The molecular formula is C129H113N15S2. The third kappa shape index (κ3) is 18.9. The maximum Gasteiger partial charge on any atom is 0.164 e. The third-order valence-electron chi connectivity index (χ3n) is 27.8. The Morgan fingerprint density at radius 1 is 0.171 bits per heavy atom. The summed E-state index contributed by atoms with van der Waals surface area (Å²) < 4.78 is 5.13. The van der Waals surface area contributed by atoms with Gasteiger partial charge < -0.3 is 0 Å². The fourth-order valence-corrected chi connectivity index (χ4v) is 22.2. The van der Waals surface area contributed by atoms with Gasteiger partial charge in [-0.1, -0.05) is 426 Å². The molecule has 0 radical (unpaired) electrons. The second-order valence-electron chi connectivity index (χ2n) is 40.7. The van der Waals surface area contributed by atoms with Crippen LogP contribution in [0.4, 0.5) is 0 Å². The zero-order valence-electron chi connectivity index (χ0n) is 85.1. The highest BCUT2D eigenvalue weighted by Gasteiger charge is 2.40. The van der Waals surface area contributed by atoms with E-state index in [9.17, 15) is 0 Å². The van der Waals surface area contributed by atoms with Crippen molar-refractivity contribution in [3.05, 3.63) is 426 Å². The van der Waals surface area contributed by atoms with E-state index in [1.165, 1.54) is 107 Å². The Kier molecular flexibility index (Phi) is 26.4. The zero-order valence-corrected chi connectivity index (χ0v) is 86.7. The van der Waals surface area contributed by atoms with Gasteiger partial charge in [-0.05, 0) is 115 Å². The van der Waals surface area contributed by atoms with E-state index in [4.69, 9.17) is 74.8 Å². The van der Waals surface area contributed by atoms with E-state index < -0.39 is 0 Å². The van der Waals surface area contributed by atoms with Crippen LogP contribution in [-0.4, -0.2) is 74.8 Å². The molecule has 716 valence electrons. The number of hydrogen-bond acceptors (Lipinski definition) is 17. The quantitative estimate of drug-likeness (QED) is 0.0940. The van der Waals surface area contributed by atoms with E-state index in [0.717, 1.165) is 143 Å². The molecule has 0 amide bonds. The van der Waals surface area contributed by atoms with Gasteiger partial charge in [0, 0.05) is 142 Å². The molecule has 0 saturated carbocycles. The van der Waals surface area contributed by atoms with Crippen molar-refractivity contribution in [2.24, 2.45) is 0 Å². The van der Waals surface area contributed by atoms with Gasteiger partial charge in [0.15, 0.2) is 58.2 Å². The summed E-state index contributed by atoms with van der Waals surface area (Å²) in [6, 6.07) is 126. The van der Waals surface area contributed by atoms with Crippen LogP contribution in [-0.2, 0) is 16.2 Å². The van der Waals surface area contributed by atoms with Crippen molar-refractivity contribution < 1.29 is 0 Å². The van der Waals surface area contributed by atoms with Crippen molar-refractivity contribution in [2.45, 2.75) is 157 Å². The minimum atomic E-state index is -0.0435. The summed E-state index contributed by atoms with van der Waals surface area (Å²) in [6.45, 7) is 35.0. The summed E-state index contributed by atoms with van der Waals surface area (Å²) in [6.07, 6.45) is 0. The first kappa shape index (κ1) is 95.9. The van der Waals surface area contributed by atoms with E-state index in [2.05, 4.69) is 335 Å². The van der Waals surface area contributed by atoms with Crippen molar-refractivity contribution >= 4 is 63.0 Å². The number of rotatable bonds is 15. The molecule has 7 aromatic heterocycles. The zero-order chi connectivity index (χ0) is 101. The van der Waals surface area contributed by atoms with E-state index in [0.29, 0.717) is 0 Å². The van der Waals surface area contributed by atoms with E-state index in [1.54, 1.807) is 0 Å². The fourth-order valence-electron chi connectivity index (χ4n) is 19.9. The Balaban J connectivity index is 0.000000107. The lowest BCUT2D eigenvalue weighted by Crippen LogP contribution is -2.15. The maximum atomic E-state index is 4.93. The summed E-state index contributed by atoms with van der Waals surface area (Å²) in [5.74, 6) is 12.6. The van der Waals surface area contributed by atoms with Crippen molar-refractivity contribution in [2.75, 3.05) is 0 Å². The fraction of sp³-hybridized carbons (Fsp3) is 0.186. The van der Waals surface area contributed by atoms with Gasteiger partial charge in [-0.3, -0.25) is 0 Å². The summed E-state index contributed by atoms with van der Waals surface area (Å²) in [5.41, 5.74) is 26.1. The molecule has 0 fully saturated rings. The molecule has 0 spiro atoms. The number of nitrogens with zero attached hydrogens (tertiary/aromatic N) is 15. The number of benzene rings is 15. The molecule has 146 heavy (non-hydrogen) atoms. The SMILES string of the molecule is CC(C)c1nc(-c2ccccc2)nc(-c2ccc3c(c2)-c2ccccc2C3(C)C)n1.CC(C)c1nc(-c2ccccc2)nc(-c2ccc3c(c2)C(C)(C)c2ccccc2-3)n1.CC(C)c1nc(-c2ccccc2)nc(-c2ccc3sc4ccccc4c3c2)n1.CC(C)c1nc(-c2ccccc2)nc(-c2cccc3c2-c2ccccc2C3(C)C)n1.CC(C)c1nc(-c2ccccc2)nc(-c2cccc3sc4ccccc4c23)n1. The summed E-state index contributed by atoms with van der Waals surface area (Å²) in [4.78, 5) is 72.2. The predicted octanol–water partition coefficient (Wildman–Crippen LogP) is 33.3. The molecule has 3 aliphatic rings. The van der Waals surface area contributed by atoms with Gasteiger partial charge in [0.05, 0.1) is 0 Å². The molecule has 7 heterocycles. The molecule has 15 nitrogen and oxygen atoms in total. The summed E-state index contributed by atoms with van der Waals surface area (Å²) in [7, 11) is 0. The lowest BCUT2D eigenvalue weighted by Gasteiger charge is -2.21. The van der Waals surface area contributed by atoms with Crippen LogP contribution in [0.1, 0.15) is 203 Å². The van der Waals surface area contributed by atoms with Crippen LogP contribution < -0.4 is 0 Å². The van der Waals surface area contributed by atoms with Gasteiger partial charge in [-0.2, -0.15) is 0 Å². The molecular weight excluding hydrogens is 1820 g/mol. The van der Waals surface area contributed by atoms with Gasteiger partial charge >= 0.3 is 0 Å². The number of aromatic nitrogens is 15. The summed E-state index contributed by atoms with van der Waals surface area (Å²) in [5, 5.41) is 5.02. The van der Waals surface area contributed by atoms with Gasteiger partial charge in [0.25, 0.3) is 0 Å². The molecule has 25 rings (SSSR count). The molecule has 22 aromatic rings. The van der Waals surface area contributed by atoms with Crippen LogP contribution >= 0.6 is 22.7 Å². The van der Waals surface area contributed by atoms with E-state index in [-0.39, 0.29) is 45.8 Å². The van der Waals surface area contributed by atoms with Crippen LogP contribution in [0.5, 0.6) is 0 Å². The number of hydrogen-bond donors (Lipinski definition) is 0. The van der Waals surface area contributed by atoms with Crippen LogP contribution in [0.25, 0.3) is 188 Å². The number of fused-ring (bicyclic) bond motifs is 15. The normalized spacial score (nSPS) is 13.0. The lowest BCUT2D eigenvalue weighted by atomic mass is 9.82. The largest absolute Gasteiger partial charge is 0.213 e. The smallest absolute Gasteiger partial charge is 0.164 e. The van der Waals surface area contributed by atoms with Gasteiger partial charge in [0.2, 0.25) is 0 Å². The van der Waals surface area contributed by atoms with Crippen molar-refractivity contribution in [1.29, 1.82) is 0 Å². The first-order chi connectivity index (χ1) is 70.7. The molecule has 0 N–H and O–H groups in total. The van der Waals surface area contributed by atoms with Crippen LogP contribution in [0.3, 0.4) is 0 Å². The Morgan fingerprint density at radius 2 is 0.445 bits per heavy atom. The van der Waals surface area contributed by atoms with Gasteiger partial charge in [0.1, 0.15) is 29.1 Å². The molecule has 3 aliphatic carbocycles. The highest BCUT2D eigenvalue weighted by Crippen LogP contribution is 2.55. The predicted molar refractivity (Wildman–Crippen MR) is 602 cm³/mol. The minimum Gasteiger partial charge on any atom is -0.213 e. The van der Waals surface area contributed by atoms with Crippen LogP contribution in [0, 0.1) is 0 Å². The first-order valence-corrected chi connectivity index (χ1v) is 52.0. The maximum absolute atomic E-state index is 4.93. The van der Waals surface area contributed by atoms with E-state index >= 15 is 0 Å². The second kappa shape index (κ2) is 40.2. The Morgan fingerprint density at radius 3 is 0.904 bits per heavy atom. The minimum absolute atomic E-state index is 0.00183. The van der Waals surface area contributed by atoms with Gasteiger partial charge in [-0.15, -0.1) is 22.7 Å². The van der Waals surface area contributed by atoms with Gasteiger partial charge in [-0.25, -0.2) is 74.8 Å². The average Bonchev–Trinajstić information content (AvgIpc) is 1.57. The van der Waals surface area contributed by atoms with Crippen LogP contribution in [0.15, 0.2) is 364 Å². The third-order valence-corrected chi connectivity index (χ3v) is 30.1. The Hall–Kier alpha value is -16.2. The first-order valence-electron chi connectivity index (χ1n) is 50.4. The average molecular weight is 1940 g/mol. The van der Waals surface area contributed by atoms with Crippen molar-refractivity contribution in [3.8, 4) is 147 Å². The Labute approximate surface area is 861 Å². The molecule has 0 bridgehead atoms.